The summed E-state index contributed by atoms with van der Waals surface area (Å²) in [4.78, 5) is 27.4. The van der Waals surface area contributed by atoms with E-state index in [0.29, 0.717) is 17.1 Å². The molecule has 0 radical (unpaired) electrons. The van der Waals surface area contributed by atoms with Crippen molar-refractivity contribution < 1.29 is 19.1 Å². The maximum Gasteiger partial charge on any atom is 0.419 e. The topological polar surface area (TPSA) is 89.5 Å². The molecule has 2 aromatic heterocycles. The number of ether oxygens (including phenoxy) is 2. The molecule has 1 aliphatic rings. The third-order valence-corrected chi connectivity index (χ3v) is 6.34. The van der Waals surface area contributed by atoms with Gasteiger partial charge in [-0.1, -0.05) is 12.5 Å². The Labute approximate surface area is 210 Å². The van der Waals surface area contributed by atoms with Gasteiger partial charge < -0.3 is 9.47 Å². The molecule has 0 atom stereocenters. The van der Waals surface area contributed by atoms with Gasteiger partial charge in [-0.25, -0.2) is 9.36 Å². The number of esters is 1. The summed E-state index contributed by atoms with van der Waals surface area (Å²) in [5.74, 6) is 0.0184. The van der Waals surface area contributed by atoms with Crippen LogP contribution >= 0.6 is 0 Å². The van der Waals surface area contributed by atoms with Gasteiger partial charge in [-0.2, -0.15) is 5.10 Å². The lowest BCUT2D eigenvalue weighted by atomic mass is 10.1. The number of likely N-dealkylation sites (tertiary alicyclic amines) is 1. The van der Waals surface area contributed by atoms with E-state index in [9.17, 15) is 9.59 Å². The number of carbonyl (C=O) groups is 2. The van der Waals surface area contributed by atoms with E-state index >= 15 is 0 Å². The van der Waals surface area contributed by atoms with Crippen molar-refractivity contribution in [1.29, 1.82) is 0 Å². The zero-order valence-electron chi connectivity index (χ0n) is 21.3. The molecule has 0 amide bonds. The minimum absolute atomic E-state index is 0.400. The van der Waals surface area contributed by atoms with E-state index in [1.165, 1.54) is 31.7 Å². The highest BCUT2D eigenvalue weighted by molar-refractivity contribution is 6.01. The van der Waals surface area contributed by atoms with Crippen molar-refractivity contribution in [2.75, 3.05) is 13.1 Å². The van der Waals surface area contributed by atoms with Gasteiger partial charge in [0.05, 0.1) is 16.7 Å². The average Bonchev–Trinajstić information content (AvgIpc) is 3.38. The molecule has 1 N–H and O–H groups in total. The Bertz CT molecular complexity index is 1440. The van der Waals surface area contributed by atoms with Gasteiger partial charge >= 0.3 is 12.1 Å². The molecule has 0 unspecified atom stereocenters. The van der Waals surface area contributed by atoms with Gasteiger partial charge in [-0.3, -0.25) is 14.8 Å². The third-order valence-electron chi connectivity index (χ3n) is 6.34. The SMILES string of the molecule is CC(=O)Oc1ccc2[nH]nc(-c3cc4cc(CN5CCCCC5)ccc4n3C(=O)OC(C)(C)C)c2c1. The first-order chi connectivity index (χ1) is 17.2. The fraction of sp³-hybridized carbons (Fsp3) is 0.393. The number of nitrogens with one attached hydrogen (secondary N) is 1. The van der Waals surface area contributed by atoms with Crippen LogP contribution in [0.25, 0.3) is 33.2 Å². The number of aromatic nitrogens is 3. The van der Waals surface area contributed by atoms with Crippen LogP contribution in [0, 0.1) is 0 Å². The summed E-state index contributed by atoms with van der Waals surface area (Å²) in [6.45, 7) is 10.0. The Morgan fingerprint density at radius 3 is 2.53 bits per heavy atom. The van der Waals surface area contributed by atoms with Crippen LogP contribution in [0.15, 0.2) is 42.5 Å². The summed E-state index contributed by atoms with van der Waals surface area (Å²) < 4.78 is 12.6. The molecular weight excluding hydrogens is 456 g/mol. The van der Waals surface area contributed by atoms with Crippen LogP contribution in [0.1, 0.15) is 52.5 Å². The van der Waals surface area contributed by atoms with Crippen LogP contribution in [0.4, 0.5) is 4.79 Å². The van der Waals surface area contributed by atoms with Crippen molar-refractivity contribution >= 4 is 33.9 Å². The molecule has 36 heavy (non-hydrogen) atoms. The summed E-state index contributed by atoms with van der Waals surface area (Å²) in [6.07, 6.45) is 3.31. The molecule has 0 bridgehead atoms. The number of fused-ring (bicyclic) bond motifs is 2. The Morgan fingerprint density at radius 2 is 1.81 bits per heavy atom. The third kappa shape index (κ3) is 4.99. The average molecular weight is 489 g/mol. The van der Waals surface area contributed by atoms with Crippen molar-refractivity contribution in [2.45, 2.75) is 59.1 Å². The fourth-order valence-corrected chi connectivity index (χ4v) is 4.84. The van der Waals surface area contributed by atoms with Crippen molar-refractivity contribution in [3.63, 3.8) is 0 Å². The second kappa shape index (κ2) is 9.43. The largest absolute Gasteiger partial charge is 0.443 e. The monoisotopic (exact) mass is 488 g/mol. The van der Waals surface area contributed by atoms with E-state index in [-0.39, 0.29) is 0 Å². The lowest BCUT2D eigenvalue weighted by Crippen LogP contribution is -2.29. The maximum atomic E-state index is 13.4. The van der Waals surface area contributed by atoms with Crippen LogP contribution in [0.5, 0.6) is 5.75 Å². The molecule has 8 heteroatoms. The van der Waals surface area contributed by atoms with Crippen molar-refractivity contribution in [3.8, 4) is 17.1 Å². The summed E-state index contributed by atoms with van der Waals surface area (Å²) >= 11 is 0. The number of piperidine rings is 1. The molecule has 188 valence electrons. The zero-order valence-corrected chi connectivity index (χ0v) is 21.3. The zero-order chi connectivity index (χ0) is 25.4. The highest BCUT2D eigenvalue weighted by Gasteiger charge is 2.25. The minimum atomic E-state index is -0.657. The molecular formula is C28H32N4O4. The summed E-state index contributed by atoms with van der Waals surface area (Å²) in [5.41, 5.74) is 3.28. The van der Waals surface area contributed by atoms with E-state index in [1.807, 2.05) is 32.9 Å². The van der Waals surface area contributed by atoms with Crippen molar-refractivity contribution in [2.24, 2.45) is 0 Å². The second-order valence-electron chi connectivity index (χ2n) is 10.4. The molecule has 5 rings (SSSR count). The van der Waals surface area contributed by atoms with Gasteiger partial charge in [0.2, 0.25) is 0 Å². The molecule has 2 aromatic carbocycles. The van der Waals surface area contributed by atoms with E-state index in [4.69, 9.17) is 9.47 Å². The minimum Gasteiger partial charge on any atom is -0.443 e. The molecule has 1 saturated heterocycles. The highest BCUT2D eigenvalue weighted by atomic mass is 16.6. The first-order valence-corrected chi connectivity index (χ1v) is 12.4. The van der Waals surface area contributed by atoms with Crippen molar-refractivity contribution in [1.82, 2.24) is 19.7 Å². The lowest BCUT2D eigenvalue weighted by Gasteiger charge is -2.26. The Morgan fingerprint density at radius 1 is 1.03 bits per heavy atom. The number of aromatic amines is 1. The van der Waals surface area contributed by atoms with Crippen LogP contribution in [-0.4, -0.2) is 50.4 Å². The number of benzene rings is 2. The molecule has 1 fully saturated rings. The van der Waals surface area contributed by atoms with E-state index in [0.717, 1.165) is 41.4 Å². The van der Waals surface area contributed by atoms with E-state index in [1.54, 1.807) is 22.8 Å². The molecule has 0 spiro atoms. The Kier molecular flexibility index (Phi) is 6.30. The Balaban J connectivity index is 1.62. The normalized spacial score (nSPS) is 14.9. The van der Waals surface area contributed by atoms with Crippen LogP contribution < -0.4 is 4.74 Å². The van der Waals surface area contributed by atoms with Gasteiger partial charge in [0.25, 0.3) is 0 Å². The van der Waals surface area contributed by atoms with E-state index < -0.39 is 17.7 Å². The van der Waals surface area contributed by atoms with Crippen LogP contribution in [-0.2, 0) is 16.1 Å². The molecule has 1 aliphatic heterocycles. The number of H-pyrrole nitrogens is 1. The van der Waals surface area contributed by atoms with Gasteiger partial charge in [0, 0.05) is 24.2 Å². The second-order valence-corrected chi connectivity index (χ2v) is 10.4. The number of nitrogens with zero attached hydrogens (tertiary/aromatic N) is 3. The fourth-order valence-electron chi connectivity index (χ4n) is 4.84. The lowest BCUT2D eigenvalue weighted by molar-refractivity contribution is -0.131. The summed E-state index contributed by atoms with van der Waals surface area (Å²) in [7, 11) is 0. The smallest absolute Gasteiger partial charge is 0.419 e. The van der Waals surface area contributed by atoms with E-state index in [2.05, 4.69) is 27.2 Å². The number of hydrogen-bond acceptors (Lipinski definition) is 6. The van der Waals surface area contributed by atoms with Gasteiger partial charge in [-0.05, 0) is 88.7 Å². The highest BCUT2D eigenvalue weighted by Crippen LogP contribution is 2.34. The standard InChI is InChI=1S/C28H32N4O4/c1-18(33)35-21-9-10-23-22(16-21)26(30-29-23)25-15-20-14-19(17-31-12-6-5-7-13-31)8-11-24(20)32(25)27(34)36-28(2,3)4/h8-11,14-16H,5-7,12-13,17H2,1-4H3,(H,29,30). The van der Waals surface area contributed by atoms with Gasteiger partial charge in [-0.15, -0.1) is 0 Å². The summed E-state index contributed by atoms with van der Waals surface area (Å²) in [5, 5.41) is 9.25. The first kappa shape index (κ1) is 24.1. The maximum absolute atomic E-state index is 13.4. The molecule has 3 heterocycles. The predicted octanol–water partition coefficient (Wildman–Crippen LogP) is 5.88. The number of carbonyl (C=O) groups excluding carboxylic acids is 2. The number of rotatable bonds is 4. The number of hydrogen-bond donors (Lipinski definition) is 1. The van der Waals surface area contributed by atoms with Gasteiger partial charge in [0.15, 0.2) is 0 Å². The first-order valence-electron chi connectivity index (χ1n) is 12.4. The molecule has 0 aliphatic carbocycles. The molecule has 0 saturated carbocycles. The molecule has 8 nitrogen and oxygen atoms in total. The van der Waals surface area contributed by atoms with Crippen LogP contribution in [0.2, 0.25) is 0 Å². The quantitative estimate of drug-likeness (QED) is 0.285. The Hall–Kier alpha value is -3.65. The van der Waals surface area contributed by atoms with Gasteiger partial charge in [0.1, 0.15) is 17.0 Å². The molecule has 4 aromatic rings. The predicted molar refractivity (Wildman–Crippen MR) is 139 cm³/mol. The van der Waals surface area contributed by atoms with Crippen molar-refractivity contribution in [3.05, 3.63) is 48.0 Å². The summed E-state index contributed by atoms with van der Waals surface area (Å²) in [6, 6.07) is 13.5. The van der Waals surface area contributed by atoms with Crippen LogP contribution in [0.3, 0.4) is 0 Å².